The van der Waals surface area contributed by atoms with E-state index in [1.807, 2.05) is 42.5 Å². The Morgan fingerprint density at radius 3 is 2.44 bits per heavy atom. The normalized spacial score (nSPS) is 13.5. The molecule has 0 bridgehead atoms. The zero-order valence-corrected chi connectivity index (χ0v) is 20.1. The third-order valence-corrected chi connectivity index (χ3v) is 6.01. The first-order valence-electron chi connectivity index (χ1n) is 12.1. The van der Waals surface area contributed by atoms with E-state index in [4.69, 9.17) is 14.7 Å². The number of ether oxygens (including phenoxy) is 2. The highest BCUT2D eigenvalue weighted by Crippen LogP contribution is 2.20. The van der Waals surface area contributed by atoms with Gasteiger partial charge in [0.25, 0.3) is 5.91 Å². The molecular weight excluding hydrogens is 454 g/mol. The molecule has 1 saturated heterocycles. The van der Waals surface area contributed by atoms with E-state index in [0.29, 0.717) is 16.9 Å². The number of carbonyl (C=O) groups is 2. The molecule has 1 amide bonds. The number of rotatable bonds is 10. The Hall–Kier alpha value is -4.31. The minimum Gasteiger partial charge on any atom is -0.491 e. The van der Waals surface area contributed by atoms with Crippen LogP contribution in [-0.4, -0.2) is 37.6 Å². The van der Waals surface area contributed by atoms with Crippen molar-refractivity contribution in [2.45, 2.75) is 31.9 Å². The van der Waals surface area contributed by atoms with Gasteiger partial charge in [-0.1, -0.05) is 36.4 Å². The van der Waals surface area contributed by atoms with Crippen LogP contribution < -0.4 is 15.0 Å². The van der Waals surface area contributed by atoms with Gasteiger partial charge < -0.3 is 19.7 Å². The summed E-state index contributed by atoms with van der Waals surface area (Å²) >= 11 is 0. The number of carbonyl (C=O) groups excluding carboxylic acids is 2. The van der Waals surface area contributed by atoms with Gasteiger partial charge >= 0.3 is 5.97 Å². The lowest BCUT2D eigenvalue weighted by Gasteiger charge is -2.20. The molecule has 3 aromatic rings. The molecule has 0 unspecified atom stereocenters. The molecule has 36 heavy (non-hydrogen) atoms. The van der Waals surface area contributed by atoms with Gasteiger partial charge in [0.05, 0.1) is 24.1 Å². The number of esters is 1. The van der Waals surface area contributed by atoms with E-state index in [2.05, 4.69) is 16.3 Å². The van der Waals surface area contributed by atoms with Gasteiger partial charge in [-0.25, -0.2) is 0 Å². The molecule has 1 atom stereocenters. The number of benzene rings is 3. The van der Waals surface area contributed by atoms with Gasteiger partial charge in [-0.3, -0.25) is 9.59 Å². The Morgan fingerprint density at radius 1 is 0.972 bits per heavy atom. The van der Waals surface area contributed by atoms with E-state index < -0.39 is 12.0 Å². The fourth-order valence-electron chi connectivity index (χ4n) is 4.07. The van der Waals surface area contributed by atoms with Crippen molar-refractivity contribution in [3.05, 3.63) is 95.6 Å². The van der Waals surface area contributed by atoms with Crippen molar-refractivity contribution in [2.75, 3.05) is 24.6 Å². The molecule has 0 spiro atoms. The first-order chi connectivity index (χ1) is 17.6. The monoisotopic (exact) mass is 483 g/mol. The van der Waals surface area contributed by atoms with Crippen molar-refractivity contribution in [1.29, 1.82) is 5.26 Å². The maximum atomic E-state index is 13.0. The van der Waals surface area contributed by atoms with Gasteiger partial charge in [-0.05, 0) is 60.9 Å². The van der Waals surface area contributed by atoms with Crippen LogP contribution in [0.25, 0.3) is 0 Å². The van der Waals surface area contributed by atoms with Crippen LogP contribution in [0.4, 0.5) is 5.69 Å². The van der Waals surface area contributed by atoms with E-state index in [9.17, 15) is 9.59 Å². The van der Waals surface area contributed by atoms with Crippen molar-refractivity contribution in [3.8, 4) is 11.8 Å². The Kier molecular flexibility index (Phi) is 8.55. The van der Waals surface area contributed by atoms with Crippen molar-refractivity contribution in [3.63, 3.8) is 0 Å². The Labute approximate surface area is 211 Å². The highest BCUT2D eigenvalue weighted by Gasteiger charge is 2.20. The third kappa shape index (κ3) is 7.09. The van der Waals surface area contributed by atoms with Crippen molar-refractivity contribution < 1.29 is 19.1 Å². The third-order valence-electron chi connectivity index (χ3n) is 6.01. The number of hydrogen-bond acceptors (Lipinski definition) is 6. The summed E-state index contributed by atoms with van der Waals surface area (Å²) in [7, 11) is 0. The number of nitrogens with one attached hydrogen (secondary N) is 1. The standard InChI is InChI=1S/C29H29N3O4/c30-19-23-9-6-10-27(17-23)35-21-25(18-28(33)36-20-22-7-2-1-3-8-22)31-29(34)24-11-13-26(14-12-24)32-15-4-5-16-32/h1-3,6-14,17,25H,4-5,15-16,18,20-21H2,(H,31,34)/t25-/m1/s1. The molecule has 7 nitrogen and oxygen atoms in total. The van der Waals surface area contributed by atoms with Crippen LogP contribution in [0, 0.1) is 11.3 Å². The fourth-order valence-corrected chi connectivity index (χ4v) is 4.07. The molecule has 4 rings (SSSR count). The summed E-state index contributed by atoms with van der Waals surface area (Å²) in [6.45, 7) is 2.27. The highest BCUT2D eigenvalue weighted by molar-refractivity contribution is 5.95. The average Bonchev–Trinajstić information content (AvgIpc) is 3.46. The second kappa shape index (κ2) is 12.4. The van der Waals surface area contributed by atoms with Crippen LogP contribution >= 0.6 is 0 Å². The predicted octanol–water partition coefficient (Wildman–Crippen LogP) is 4.47. The molecule has 0 saturated carbocycles. The van der Waals surface area contributed by atoms with E-state index in [1.165, 1.54) is 12.8 Å². The second-order valence-electron chi connectivity index (χ2n) is 8.71. The van der Waals surface area contributed by atoms with E-state index in [0.717, 1.165) is 24.3 Å². The smallest absolute Gasteiger partial charge is 0.308 e. The number of hydrogen-bond donors (Lipinski definition) is 1. The van der Waals surface area contributed by atoms with E-state index in [1.54, 1.807) is 36.4 Å². The van der Waals surface area contributed by atoms with Gasteiger partial charge in [0.2, 0.25) is 0 Å². The van der Waals surface area contributed by atoms with Gasteiger partial charge in [0.15, 0.2) is 0 Å². The topological polar surface area (TPSA) is 91.7 Å². The molecule has 1 aliphatic heterocycles. The minimum atomic E-state index is -0.621. The van der Waals surface area contributed by atoms with Gasteiger partial charge in [0, 0.05) is 24.3 Å². The van der Waals surface area contributed by atoms with E-state index in [-0.39, 0.29) is 25.5 Å². The molecule has 1 heterocycles. The second-order valence-corrected chi connectivity index (χ2v) is 8.71. The van der Waals surface area contributed by atoms with Gasteiger partial charge in [-0.15, -0.1) is 0 Å². The summed E-state index contributed by atoms with van der Waals surface area (Å²) in [6, 6.07) is 25.1. The number of nitriles is 1. The van der Waals surface area contributed by atoms with Crippen molar-refractivity contribution >= 4 is 17.6 Å². The lowest BCUT2D eigenvalue weighted by molar-refractivity contribution is -0.145. The molecule has 7 heteroatoms. The van der Waals surface area contributed by atoms with E-state index >= 15 is 0 Å². The number of anilines is 1. The fraction of sp³-hybridized carbons (Fsp3) is 0.276. The lowest BCUT2D eigenvalue weighted by atomic mass is 10.1. The average molecular weight is 484 g/mol. The molecule has 0 aliphatic carbocycles. The lowest BCUT2D eigenvalue weighted by Crippen LogP contribution is -2.41. The Morgan fingerprint density at radius 2 is 1.72 bits per heavy atom. The predicted molar refractivity (Wildman–Crippen MR) is 137 cm³/mol. The van der Waals surface area contributed by atoms with Crippen LogP contribution in [0.5, 0.6) is 5.75 Å². The molecule has 0 radical (unpaired) electrons. The summed E-state index contributed by atoms with van der Waals surface area (Å²) < 4.78 is 11.2. The number of amides is 1. The quantitative estimate of drug-likeness (QED) is 0.428. The summed E-state index contributed by atoms with van der Waals surface area (Å²) in [5.74, 6) is -0.248. The first kappa shape index (κ1) is 24.8. The maximum absolute atomic E-state index is 13.0. The maximum Gasteiger partial charge on any atom is 0.308 e. The molecule has 184 valence electrons. The molecule has 1 fully saturated rings. The Bertz CT molecular complexity index is 1200. The van der Waals surface area contributed by atoms with Crippen LogP contribution in [0.2, 0.25) is 0 Å². The van der Waals surface area contributed by atoms with Gasteiger partial charge in [-0.2, -0.15) is 5.26 Å². The molecule has 0 aromatic heterocycles. The van der Waals surface area contributed by atoms with Crippen LogP contribution in [-0.2, 0) is 16.1 Å². The highest BCUT2D eigenvalue weighted by atomic mass is 16.5. The first-order valence-corrected chi connectivity index (χ1v) is 12.1. The Balaban J connectivity index is 1.39. The van der Waals surface area contributed by atoms with Crippen LogP contribution in [0.1, 0.15) is 40.7 Å². The molecule has 3 aromatic carbocycles. The molecule has 1 N–H and O–H groups in total. The van der Waals surface area contributed by atoms with Gasteiger partial charge in [0.1, 0.15) is 19.0 Å². The van der Waals surface area contributed by atoms with Crippen molar-refractivity contribution in [1.82, 2.24) is 5.32 Å². The van der Waals surface area contributed by atoms with Crippen LogP contribution in [0.3, 0.4) is 0 Å². The summed E-state index contributed by atoms with van der Waals surface area (Å²) in [5, 5.41) is 12.0. The van der Waals surface area contributed by atoms with Crippen molar-refractivity contribution in [2.24, 2.45) is 0 Å². The largest absolute Gasteiger partial charge is 0.491 e. The summed E-state index contributed by atoms with van der Waals surface area (Å²) in [5.41, 5.74) is 2.96. The summed E-state index contributed by atoms with van der Waals surface area (Å²) in [4.78, 5) is 27.9. The van der Waals surface area contributed by atoms with Crippen LogP contribution in [0.15, 0.2) is 78.9 Å². The number of nitrogens with zero attached hydrogens (tertiary/aromatic N) is 2. The molecule has 1 aliphatic rings. The minimum absolute atomic E-state index is 0.0485. The molecular formula is C29H29N3O4. The SMILES string of the molecule is N#Cc1cccc(OC[C@@H](CC(=O)OCc2ccccc2)NC(=O)c2ccc(N3CCCC3)cc2)c1. The zero-order valence-electron chi connectivity index (χ0n) is 20.1. The summed E-state index contributed by atoms with van der Waals surface area (Å²) in [6.07, 6.45) is 2.31. The zero-order chi connectivity index (χ0) is 25.2.